The molecule has 2 rings (SSSR count). The van der Waals surface area contributed by atoms with E-state index in [2.05, 4.69) is 15.9 Å². The highest BCUT2D eigenvalue weighted by Crippen LogP contribution is 2.49. The number of aromatic hydroxyl groups is 2. The first-order valence-corrected chi connectivity index (χ1v) is 6.90. The zero-order chi connectivity index (χ0) is 14.2. The fourth-order valence-corrected chi connectivity index (χ4v) is 3.14. The predicted octanol–water partition coefficient (Wildman–Crippen LogP) is 2.08. The fourth-order valence-electron chi connectivity index (χ4n) is 2.60. The fraction of sp³-hybridized carbons (Fsp3) is 0.462. The van der Waals surface area contributed by atoms with Crippen LogP contribution in [0.2, 0.25) is 0 Å². The Morgan fingerprint density at radius 2 is 2.16 bits per heavy atom. The molecule has 6 heteroatoms. The van der Waals surface area contributed by atoms with Gasteiger partial charge in [0.1, 0.15) is 11.5 Å². The Balaban J connectivity index is 2.63. The molecule has 0 unspecified atom stereocenters. The van der Waals surface area contributed by atoms with Crippen molar-refractivity contribution in [1.29, 1.82) is 0 Å². The SMILES string of the molecule is CC(=O)N1CC[C@@H](CCO)c2c(O)cc(O)c(Br)c21. The molecule has 0 aliphatic carbocycles. The van der Waals surface area contributed by atoms with E-state index in [1.165, 1.54) is 17.9 Å². The van der Waals surface area contributed by atoms with Gasteiger partial charge in [-0.3, -0.25) is 4.79 Å². The largest absolute Gasteiger partial charge is 0.507 e. The van der Waals surface area contributed by atoms with E-state index in [1.54, 1.807) is 0 Å². The quantitative estimate of drug-likeness (QED) is 0.776. The van der Waals surface area contributed by atoms with Crippen LogP contribution >= 0.6 is 15.9 Å². The van der Waals surface area contributed by atoms with Gasteiger partial charge in [-0.2, -0.15) is 0 Å². The van der Waals surface area contributed by atoms with E-state index in [9.17, 15) is 15.0 Å². The first-order valence-electron chi connectivity index (χ1n) is 6.10. The summed E-state index contributed by atoms with van der Waals surface area (Å²) in [6.45, 7) is 1.97. The number of hydrogen-bond acceptors (Lipinski definition) is 4. The van der Waals surface area contributed by atoms with Gasteiger partial charge in [0.2, 0.25) is 5.91 Å². The molecule has 0 radical (unpaired) electrons. The van der Waals surface area contributed by atoms with Gasteiger partial charge in [0, 0.05) is 31.7 Å². The van der Waals surface area contributed by atoms with Gasteiger partial charge in [-0.1, -0.05) is 0 Å². The van der Waals surface area contributed by atoms with Crippen LogP contribution in [0.3, 0.4) is 0 Å². The number of carbonyl (C=O) groups is 1. The number of anilines is 1. The van der Waals surface area contributed by atoms with E-state index >= 15 is 0 Å². The molecule has 3 N–H and O–H groups in total. The first-order chi connectivity index (χ1) is 8.97. The van der Waals surface area contributed by atoms with Gasteiger partial charge in [0.15, 0.2) is 0 Å². The van der Waals surface area contributed by atoms with E-state index in [4.69, 9.17) is 5.11 Å². The number of carbonyl (C=O) groups excluding carboxylic acids is 1. The lowest BCUT2D eigenvalue weighted by atomic mass is 9.86. The van der Waals surface area contributed by atoms with E-state index in [1.807, 2.05) is 0 Å². The average Bonchev–Trinajstić information content (AvgIpc) is 2.35. The zero-order valence-electron chi connectivity index (χ0n) is 10.6. The lowest BCUT2D eigenvalue weighted by molar-refractivity contribution is -0.116. The Hall–Kier alpha value is -1.27. The van der Waals surface area contributed by atoms with Gasteiger partial charge in [-0.05, 0) is 34.7 Å². The van der Waals surface area contributed by atoms with Crippen molar-refractivity contribution in [3.05, 3.63) is 16.1 Å². The van der Waals surface area contributed by atoms with Crippen LogP contribution < -0.4 is 4.90 Å². The Morgan fingerprint density at radius 3 is 2.74 bits per heavy atom. The molecule has 1 aliphatic rings. The van der Waals surface area contributed by atoms with Crippen molar-refractivity contribution in [2.45, 2.75) is 25.7 Å². The highest BCUT2D eigenvalue weighted by atomic mass is 79.9. The Labute approximate surface area is 119 Å². The lowest BCUT2D eigenvalue weighted by Gasteiger charge is -2.35. The van der Waals surface area contributed by atoms with Crippen molar-refractivity contribution >= 4 is 27.5 Å². The van der Waals surface area contributed by atoms with E-state index in [0.29, 0.717) is 35.1 Å². The molecule has 5 nitrogen and oxygen atoms in total. The van der Waals surface area contributed by atoms with E-state index < -0.39 is 0 Å². The summed E-state index contributed by atoms with van der Waals surface area (Å²) in [7, 11) is 0. The number of rotatable bonds is 2. The number of benzene rings is 1. The standard InChI is InChI=1S/C13H16BrNO4/c1-7(17)15-4-2-8(3-5-16)11-9(18)6-10(19)12(14)13(11)15/h6,8,16,18-19H,2-5H2,1H3/t8-/m0/s1. The van der Waals surface area contributed by atoms with Crippen molar-refractivity contribution < 1.29 is 20.1 Å². The molecule has 1 heterocycles. The summed E-state index contributed by atoms with van der Waals surface area (Å²) >= 11 is 3.27. The van der Waals surface area contributed by atoms with Gasteiger partial charge in [0.25, 0.3) is 0 Å². The Bertz CT molecular complexity index is 518. The van der Waals surface area contributed by atoms with Crippen molar-refractivity contribution in [1.82, 2.24) is 0 Å². The minimum atomic E-state index is -0.144. The molecule has 0 saturated carbocycles. The Morgan fingerprint density at radius 1 is 1.47 bits per heavy atom. The van der Waals surface area contributed by atoms with Gasteiger partial charge < -0.3 is 20.2 Å². The van der Waals surface area contributed by atoms with Gasteiger partial charge in [-0.15, -0.1) is 0 Å². The lowest BCUT2D eigenvalue weighted by Crippen LogP contribution is -2.35. The van der Waals surface area contributed by atoms with Crippen LogP contribution in [0.15, 0.2) is 10.5 Å². The summed E-state index contributed by atoms with van der Waals surface area (Å²) < 4.78 is 0.401. The number of aliphatic hydroxyl groups is 1. The molecule has 0 bridgehead atoms. The number of phenols is 2. The van der Waals surface area contributed by atoms with E-state index in [-0.39, 0.29) is 29.9 Å². The summed E-state index contributed by atoms with van der Waals surface area (Å²) in [5, 5.41) is 28.9. The third kappa shape index (κ3) is 2.42. The van der Waals surface area contributed by atoms with Gasteiger partial charge >= 0.3 is 0 Å². The second-order valence-electron chi connectivity index (χ2n) is 4.66. The molecule has 0 spiro atoms. The third-order valence-electron chi connectivity index (χ3n) is 3.47. The van der Waals surface area contributed by atoms with Crippen molar-refractivity contribution in [2.75, 3.05) is 18.1 Å². The van der Waals surface area contributed by atoms with E-state index in [0.717, 1.165) is 0 Å². The van der Waals surface area contributed by atoms with Crippen LogP contribution in [0.5, 0.6) is 11.5 Å². The molecule has 0 fully saturated rings. The maximum atomic E-state index is 11.7. The van der Waals surface area contributed by atoms with Crippen LogP contribution in [-0.4, -0.2) is 34.4 Å². The molecule has 104 valence electrons. The summed E-state index contributed by atoms with van der Waals surface area (Å²) in [5.41, 5.74) is 1.12. The summed E-state index contributed by atoms with van der Waals surface area (Å²) in [4.78, 5) is 13.2. The molecule has 1 atom stereocenters. The summed E-state index contributed by atoms with van der Waals surface area (Å²) in [5.74, 6) is -0.311. The van der Waals surface area contributed by atoms with Crippen LogP contribution in [0.25, 0.3) is 0 Å². The van der Waals surface area contributed by atoms with Crippen molar-refractivity contribution in [2.24, 2.45) is 0 Å². The predicted molar refractivity (Wildman–Crippen MR) is 74.6 cm³/mol. The first kappa shape index (κ1) is 14.1. The average molecular weight is 330 g/mol. The Kier molecular flexibility index (Phi) is 4.01. The zero-order valence-corrected chi connectivity index (χ0v) is 12.1. The van der Waals surface area contributed by atoms with Gasteiger partial charge in [0.05, 0.1) is 10.2 Å². The number of fused-ring (bicyclic) bond motifs is 1. The second-order valence-corrected chi connectivity index (χ2v) is 5.45. The molecular formula is C13H16BrNO4. The number of nitrogens with zero attached hydrogens (tertiary/aromatic N) is 1. The smallest absolute Gasteiger partial charge is 0.223 e. The molecule has 19 heavy (non-hydrogen) atoms. The maximum Gasteiger partial charge on any atom is 0.223 e. The van der Waals surface area contributed by atoms with Crippen molar-refractivity contribution in [3.8, 4) is 11.5 Å². The number of amides is 1. The molecule has 0 saturated heterocycles. The monoisotopic (exact) mass is 329 g/mol. The minimum absolute atomic E-state index is 0.0160. The number of phenolic OH excluding ortho intramolecular Hbond substituents is 2. The maximum absolute atomic E-state index is 11.7. The highest BCUT2D eigenvalue weighted by Gasteiger charge is 2.32. The number of halogens is 1. The third-order valence-corrected chi connectivity index (χ3v) is 4.26. The van der Waals surface area contributed by atoms with Crippen LogP contribution in [0.1, 0.15) is 31.2 Å². The number of hydrogen-bond donors (Lipinski definition) is 3. The van der Waals surface area contributed by atoms with Crippen LogP contribution in [-0.2, 0) is 4.79 Å². The normalized spacial score (nSPS) is 18.3. The topological polar surface area (TPSA) is 81.0 Å². The van der Waals surface area contributed by atoms with Crippen LogP contribution in [0.4, 0.5) is 5.69 Å². The summed E-state index contributed by atoms with van der Waals surface area (Å²) in [6, 6.07) is 1.26. The van der Waals surface area contributed by atoms with Crippen LogP contribution in [0, 0.1) is 0 Å². The molecule has 1 aromatic carbocycles. The second kappa shape index (κ2) is 5.38. The molecular weight excluding hydrogens is 314 g/mol. The minimum Gasteiger partial charge on any atom is -0.507 e. The highest BCUT2D eigenvalue weighted by molar-refractivity contribution is 9.10. The molecule has 0 aromatic heterocycles. The number of aliphatic hydroxyl groups excluding tert-OH is 1. The summed E-state index contributed by atoms with van der Waals surface area (Å²) in [6.07, 6.45) is 1.20. The van der Waals surface area contributed by atoms with Crippen molar-refractivity contribution in [3.63, 3.8) is 0 Å². The molecule has 1 aliphatic heterocycles. The molecule has 1 amide bonds. The van der Waals surface area contributed by atoms with Gasteiger partial charge in [-0.25, -0.2) is 0 Å². The molecule has 1 aromatic rings.